The average Bonchev–Trinajstić information content (AvgIpc) is 3.22. The van der Waals surface area contributed by atoms with Crippen LogP contribution in [-0.2, 0) is 0 Å². The summed E-state index contributed by atoms with van der Waals surface area (Å²) in [6, 6.07) is 7.76. The maximum Gasteiger partial charge on any atom is 0.166 e. The number of carbonyl (C=O) groups excluding carboxylic acids is 1. The molecule has 0 saturated heterocycles. The normalized spacial score (nSPS) is 25.2. The molecule has 1 unspecified atom stereocenters. The molecule has 1 atom stereocenters. The third kappa shape index (κ3) is 2.89. The van der Waals surface area contributed by atoms with E-state index in [-0.39, 0.29) is 11.3 Å². The first-order chi connectivity index (χ1) is 9.56. The molecule has 3 rings (SSSR count). The van der Waals surface area contributed by atoms with Crippen molar-refractivity contribution in [1.82, 2.24) is 0 Å². The van der Waals surface area contributed by atoms with Crippen LogP contribution in [0.2, 0.25) is 0 Å². The van der Waals surface area contributed by atoms with Crippen LogP contribution in [-0.4, -0.2) is 11.9 Å². The Hall–Kier alpha value is -1.31. The van der Waals surface area contributed by atoms with E-state index in [1.807, 2.05) is 24.3 Å². The van der Waals surface area contributed by atoms with Crippen molar-refractivity contribution in [3.63, 3.8) is 0 Å². The number of rotatable bonds is 4. The summed E-state index contributed by atoms with van der Waals surface area (Å²) in [5, 5.41) is 0. The zero-order chi connectivity index (χ0) is 14.2. The summed E-state index contributed by atoms with van der Waals surface area (Å²) in [6.07, 6.45) is 7.37. The van der Waals surface area contributed by atoms with Gasteiger partial charge in [-0.1, -0.05) is 26.7 Å². The highest BCUT2D eigenvalue weighted by molar-refractivity contribution is 5.98. The summed E-state index contributed by atoms with van der Waals surface area (Å²) >= 11 is 0. The molecule has 0 aliphatic heterocycles. The zero-order valence-corrected chi connectivity index (χ0v) is 12.5. The van der Waals surface area contributed by atoms with Gasteiger partial charge in [-0.05, 0) is 55.4 Å². The Morgan fingerprint density at radius 1 is 1.10 bits per heavy atom. The summed E-state index contributed by atoms with van der Waals surface area (Å²) in [4.78, 5) is 12.7. The molecule has 0 amide bonds. The third-order valence-corrected chi connectivity index (χ3v) is 4.79. The second kappa shape index (κ2) is 5.23. The maximum absolute atomic E-state index is 12.7. The van der Waals surface area contributed by atoms with Crippen LogP contribution in [0.25, 0.3) is 0 Å². The fraction of sp³-hybridized carbons (Fsp3) is 0.611. The summed E-state index contributed by atoms with van der Waals surface area (Å²) in [7, 11) is 0. The van der Waals surface area contributed by atoms with E-state index >= 15 is 0 Å². The quantitative estimate of drug-likeness (QED) is 0.747. The predicted molar refractivity (Wildman–Crippen MR) is 80.2 cm³/mol. The van der Waals surface area contributed by atoms with E-state index < -0.39 is 0 Å². The average molecular weight is 272 g/mol. The first-order valence-electron chi connectivity index (χ1n) is 7.87. The molecule has 20 heavy (non-hydrogen) atoms. The Balaban J connectivity index is 1.72. The summed E-state index contributed by atoms with van der Waals surface area (Å²) < 4.78 is 5.74. The van der Waals surface area contributed by atoms with Crippen LogP contribution in [0, 0.1) is 11.3 Å². The van der Waals surface area contributed by atoms with Gasteiger partial charge < -0.3 is 4.74 Å². The molecule has 2 heteroatoms. The molecular formula is C18H24O2. The lowest BCUT2D eigenvalue weighted by Gasteiger charge is -2.37. The van der Waals surface area contributed by atoms with Gasteiger partial charge in [0.2, 0.25) is 0 Å². The van der Waals surface area contributed by atoms with E-state index in [9.17, 15) is 4.79 Å². The molecule has 0 aromatic heterocycles. The van der Waals surface area contributed by atoms with Crippen LogP contribution in [0.15, 0.2) is 24.3 Å². The number of ether oxygens (including phenoxy) is 1. The van der Waals surface area contributed by atoms with Crippen LogP contribution in [0.5, 0.6) is 5.75 Å². The number of Topliss-reactive ketones (excluding diaryl/α,β-unsaturated/α-hetero) is 1. The molecule has 108 valence electrons. The van der Waals surface area contributed by atoms with E-state index in [0.717, 1.165) is 37.0 Å². The number of hydrogen-bond donors (Lipinski definition) is 0. The second-order valence-corrected chi connectivity index (χ2v) is 6.99. The lowest BCUT2D eigenvalue weighted by atomic mass is 9.66. The number of hydrogen-bond acceptors (Lipinski definition) is 2. The smallest absolute Gasteiger partial charge is 0.166 e. The second-order valence-electron chi connectivity index (χ2n) is 6.99. The number of benzene rings is 1. The van der Waals surface area contributed by atoms with Gasteiger partial charge in [0.1, 0.15) is 5.75 Å². The molecular weight excluding hydrogens is 248 g/mol. The van der Waals surface area contributed by atoms with Gasteiger partial charge in [-0.3, -0.25) is 4.79 Å². The van der Waals surface area contributed by atoms with Gasteiger partial charge in [-0.2, -0.15) is 0 Å². The van der Waals surface area contributed by atoms with Crippen LogP contribution in [0.4, 0.5) is 0 Å². The molecule has 2 aliphatic rings. The summed E-state index contributed by atoms with van der Waals surface area (Å²) in [5.74, 6) is 1.38. The largest absolute Gasteiger partial charge is 0.490 e. The van der Waals surface area contributed by atoms with Crippen molar-refractivity contribution in [2.45, 2.75) is 58.5 Å². The van der Waals surface area contributed by atoms with Gasteiger partial charge in [0.15, 0.2) is 5.78 Å². The molecule has 2 nitrogen and oxygen atoms in total. The monoisotopic (exact) mass is 272 g/mol. The molecule has 0 spiro atoms. The lowest BCUT2D eigenvalue weighted by molar-refractivity contribution is 0.0697. The zero-order valence-electron chi connectivity index (χ0n) is 12.5. The van der Waals surface area contributed by atoms with E-state index in [1.54, 1.807) is 0 Å². The standard InChI is InChI=1S/C18H24O2/c1-18(2)12-4-3-5-16(18)17(19)13-6-8-14(9-7-13)20-15-10-11-15/h6-9,15-16H,3-5,10-12H2,1-2H3. The van der Waals surface area contributed by atoms with E-state index in [2.05, 4.69) is 13.8 Å². The van der Waals surface area contributed by atoms with Crippen molar-refractivity contribution >= 4 is 5.78 Å². The van der Waals surface area contributed by atoms with Crippen LogP contribution < -0.4 is 4.74 Å². The minimum Gasteiger partial charge on any atom is -0.490 e. The van der Waals surface area contributed by atoms with Gasteiger partial charge >= 0.3 is 0 Å². The highest BCUT2D eigenvalue weighted by Crippen LogP contribution is 2.42. The SMILES string of the molecule is CC1(C)CCCCC1C(=O)c1ccc(OC2CC2)cc1. The Morgan fingerprint density at radius 3 is 2.40 bits per heavy atom. The highest BCUT2D eigenvalue weighted by Gasteiger charge is 2.37. The van der Waals surface area contributed by atoms with E-state index in [4.69, 9.17) is 4.74 Å². The summed E-state index contributed by atoms with van der Waals surface area (Å²) in [6.45, 7) is 4.47. The van der Waals surface area contributed by atoms with Gasteiger partial charge in [0.25, 0.3) is 0 Å². The van der Waals surface area contributed by atoms with Crippen molar-refractivity contribution in [1.29, 1.82) is 0 Å². The lowest BCUT2D eigenvalue weighted by Crippen LogP contribution is -2.34. The van der Waals surface area contributed by atoms with Crippen LogP contribution in [0.3, 0.4) is 0 Å². The highest BCUT2D eigenvalue weighted by atomic mass is 16.5. The molecule has 0 heterocycles. The maximum atomic E-state index is 12.7. The van der Waals surface area contributed by atoms with Crippen molar-refractivity contribution in [3.8, 4) is 5.75 Å². The Morgan fingerprint density at radius 2 is 1.80 bits per heavy atom. The Labute approximate surface area is 121 Å². The topological polar surface area (TPSA) is 26.3 Å². The molecule has 0 N–H and O–H groups in total. The Bertz CT molecular complexity index is 483. The minimum atomic E-state index is 0.137. The van der Waals surface area contributed by atoms with E-state index in [0.29, 0.717) is 11.9 Å². The number of carbonyl (C=O) groups is 1. The third-order valence-electron chi connectivity index (χ3n) is 4.79. The van der Waals surface area contributed by atoms with Crippen LogP contribution >= 0.6 is 0 Å². The molecule has 2 saturated carbocycles. The molecule has 0 bridgehead atoms. The first kappa shape index (κ1) is 13.7. The van der Waals surface area contributed by atoms with E-state index in [1.165, 1.54) is 12.8 Å². The first-order valence-corrected chi connectivity index (χ1v) is 7.87. The van der Waals surface area contributed by atoms with Gasteiger partial charge in [0.05, 0.1) is 6.10 Å². The predicted octanol–water partition coefficient (Wildman–Crippen LogP) is 4.63. The van der Waals surface area contributed by atoms with Crippen molar-refractivity contribution < 1.29 is 9.53 Å². The molecule has 1 aromatic carbocycles. The molecule has 0 radical (unpaired) electrons. The van der Waals surface area contributed by atoms with Gasteiger partial charge in [0, 0.05) is 11.5 Å². The molecule has 2 fully saturated rings. The van der Waals surface area contributed by atoms with Gasteiger partial charge in [-0.25, -0.2) is 0 Å². The fourth-order valence-electron chi connectivity index (χ4n) is 3.26. The van der Waals surface area contributed by atoms with Gasteiger partial charge in [-0.15, -0.1) is 0 Å². The fourth-order valence-corrected chi connectivity index (χ4v) is 3.26. The number of ketones is 1. The molecule has 1 aromatic rings. The summed E-state index contributed by atoms with van der Waals surface area (Å²) in [5.41, 5.74) is 0.978. The molecule has 2 aliphatic carbocycles. The minimum absolute atomic E-state index is 0.137. The van der Waals surface area contributed by atoms with Crippen molar-refractivity contribution in [2.75, 3.05) is 0 Å². The van der Waals surface area contributed by atoms with Crippen molar-refractivity contribution in [2.24, 2.45) is 11.3 Å². The Kier molecular flexibility index (Phi) is 3.57. The van der Waals surface area contributed by atoms with Crippen LogP contribution in [0.1, 0.15) is 62.7 Å². The van der Waals surface area contributed by atoms with Crippen molar-refractivity contribution in [3.05, 3.63) is 29.8 Å².